The summed E-state index contributed by atoms with van der Waals surface area (Å²) < 4.78 is 13.5. The maximum atomic E-state index is 12.5. The second-order valence-corrected chi connectivity index (χ2v) is 12.1. The quantitative estimate of drug-likeness (QED) is 0.203. The summed E-state index contributed by atoms with van der Waals surface area (Å²) in [5.74, 6) is 0.548. The van der Waals surface area contributed by atoms with Crippen molar-refractivity contribution in [3.63, 3.8) is 0 Å². The summed E-state index contributed by atoms with van der Waals surface area (Å²) in [5.41, 5.74) is 5.68. The highest BCUT2D eigenvalue weighted by molar-refractivity contribution is 6.02. The lowest BCUT2D eigenvalue weighted by atomic mass is 10.0. The van der Waals surface area contributed by atoms with Gasteiger partial charge in [0.05, 0.1) is 35.4 Å². The van der Waals surface area contributed by atoms with Crippen LogP contribution in [0.3, 0.4) is 0 Å². The molecule has 0 bridgehead atoms. The number of aromatic nitrogens is 3. The van der Waals surface area contributed by atoms with Crippen molar-refractivity contribution in [2.75, 3.05) is 49.8 Å². The van der Waals surface area contributed by atoms with Gasteiger partial charge in [-0.1, -0.05) is 24.8 Å². The maximum absolute atomic E-state index is 12.5. The first-order valence-electron chi connectivity index (χ1n) is 15.0. The average Bonchev–Trinajstić information content (AvgIpc) is 3.39. The number of aryl methyl sites for hydroxylation is 2. The van der Waals surface area contributed by atoms with Gasteiger partial charge >= 0.3 is 6.09 Å². The molecule has 1 aliphatic rings. The molecule has 236 valence electrons. The molecule has 1 aliphatic heterocycles. The number of methoxy groups -OCH3 is 1. The molecule has 11 heteroatoms. The van der Waals surface area contributed by atoms with Crippen molar-refractivity contribution in [2.24, 2.45) is 0 Å². The fourth-order valence-corrected chi connectivity index (χ4v) is 5.44. The van der Waals surface area contributed by atoms with Gasteiger partial charge in [0, 0.05) is 63.1 Å². The Kier molecular flexibility index (Phi) is 8.99. The topological polar surface area (TPSA) is 114 Å². The zero-order valence-electron chi connectivity index (χ0n) is 26.8. The Balaban J connectivity index is 1.42. The van der Waals surface area contributed by atoms with Crippen LogP contribution in [0.15, 0.2) is 61.4 Å². The van der Waals surface area contributed by atoms with E-state index < -0.39 is 11.7 Å². The first kappa shape index (κ1) is 31.4. The van der Waals surface area contributed by atoms with E-state index in [1.54, 1.807) is 26.4 Å². The number of amides is 2. The van der Waals surface area contributed by atoms with Crippen LogP contribution < -0.4 is 20.3 Å². The monoisotopic (exact) mass is 611 g/mol. The number of anilines is 4. The average molecular weight is 612 g/mol. The lowest BCUT2D eigenvalue weighted by molar-refractivity contribution is -0.111. The van der Waals surface area contributed by atoms with Gasteiger partial charge in [0.1, 0.15) is 11.4 Å². The summed E-state index contributed by atoms with van der Waals surface area (Å²) in [4.78, 5) is 37.7. The smallest absolute Gasteiger partial charge is 0.410 e. The second kappa shape index (κ2) is 12.9. The van der Waals surface area contributed by atoms with Crippen molar-refractivity contribution in [3.05, 3.63) is 67.0 Å². The van der Waals surface area contributed by atoms with Gasteiger partial charge in [-0.25, -0.2) is 14.8 Å². The minimum Gasteiger partial charge on any atom is -0.494 e. The molecular formula is C34H41N7O4. The van der Waals surface area contributed by atoms with Crippen LogP contribution in [-0.2, 0) is 22.5 Å². The van der Waals surface area contributed by atoms with E-state index in [-0.39, 0.29) is 5.91 Å². The molecule has 0 aliphatic carbocycles. The molecule has 0 spiro atoms. The van der Waals surface area contributed by atoms with Crippen molar-refractivity contribution < 1.29 is 19.1 Å². The number of hydrogen-bond acceptors (Lipinski definition) is 8. The molecule has 2 amide bonds. The van der Waals surface area contributed by atoms with Crippen LogP contribution in [-0.4, -0.2) is 71.3 Å². The lowest BCUT2D eigenvalue weighted by Crippen LogP contribution is -2.38. The SMILES string of the molecule is C=CC(=O)Nc1cc(Nc2nccc(-c3cn4c5c(cccc35)CCC4)n2)c(OC)cc1N(C)CCN(C)C(=O)OC(C)(C)C. The first-order valence-corrected chi connectivity index (χ1v) is 15.0. The Bertz CT molecular complexity index is 1740. The lowest BCUT2D eigenvalue weighted by Gasteiger charge is -2.28. The van der Waals surface area contributed by atoms with Crippen molar-refractivity contribution in [3.8, 4) is 17.0 Å². The van der Waals surface area contributed by atoms with Crippen LogP contribution in [0.5, 0.6) is 5.75 Å². The molecule has 0 radical (unpaired) electrons. The normalized spacial score (nSPS) is 12.4. The molecule has 0 saturated carbocycles. The van der Waals surface area contributed by atoms with Gasteiger partial charge in [0.15, 0.2) is 0 Å². The van der Waals surface area contributed by atoms with Gasteiger partial charge in [0.2, 0.25) is 11.9 Å². The molecule has 4 aromatic rings. The van der Waals surface area contributed by atoms with Crippen LogP contribution in [0.4, 0.5) is 27.8 Å². The molecular weight excluding hydrogens is 570 g/mol. The third kappa shape index (κ3) is 7.03. The molecule has 45 heavy (non-hydrogen) atoms. The number of para-hydroxylation sites is 1. The summed E-state index contributed by atoms with van der Waals surface area (Å²) in [5, 5.41) is 7.36. The molecule has 2 aromatic carbocycles. The van der Waals surface area contributed by atoms with Crippen LogP contribution in [0.25, 0.3) is 22.2 Å². The van der Waals surface area contributed by atoms with E-state index in [4.69, 9.17) is 14.5 Å². The number of hydrogen-bond donors (Lipinski definition) is 2. The van der Waals surface area contributed by atoms with Gasteiger partial charge in [-0.15, -0.1) is 0 Å². The molecule has 0 saturated heterocycles. The van der Waals surface area contributed by atoms with Crippen molar-refractivity contribution >= 4 is 45.9 Å². The van der Waals surface area contributed by atoms with Gasteiger partial charge in [-0.3, -0.25) is 4.79 Å². The predicted molar refractivity (Wildman–Crippen MR) is 179 cm³/mol. The minimum absolute atomic E-state index is 0.363. The number of ether oxygens (including phenoxy) is 2. The number of nitrogens with zero attached hydrogens (tertiary/aromatic N) is 5. The summed E-state index contributed by atoms with van der Waals surface area (Å²) in [6, 6.07) is 12.0. The second-order valence-electron chi connectivity index (χ2n) is 12.1. The number of carbonyl (C=O) groups excluding carboxylic acids is 2. The van der Waals surface area contributed by atoms with Gasteiger partial charge in [-0.2, -0.15) is 0 Å². The van der Waals surface area contributed by atoms with Crippen molar-refractivity contribution in [2.45, 2.75) is 45.8 Å². The van der Waals surface area contributed by atoms with E-state index in [1.165, 1.54) is 27.4 Å². The summed E-state index contributed by atoms with van der Waals surface area (Å²) in [7, 11) is 5.14. The highest BCUT2D eigenvalue weighted by Crippen LogP contribution is 2.39. The molecule has 0 unspecified atom stereocenters. The molecule has 5 rings (SSSR count). The zero-order valence-corrected chi connectivity index (χ0v) is 26.8. The van der Waals surface area contributed by atoms with E-state index in [9.17, 15) is 9.59 Å². The van der Waals surface area contributed by atoms with Gasteiger partial charge in [0.25, 0.3) is 0 Å². The standard InChI is InChI=1S/C34H41N7O4/c1-8-30(42)36-26-19-27(29(44-7)20-28(26)39(5)17-18-40(6)33(43)45-34(2,3)4)38-32-35-15-14-25(37-32)24-21-41-16-10-12-22-11-9-13-23(24)31(22)41/h8-9,11,13-15,19-21H,1,10,12,16-18H2,2-7H3,(H,36,42)(H,35,37,38). The largest absolute Gasteiger partial charge is 0.494 e. The Morgan fingerprint density at radius 2 is 1.93 bits per heavy atom. The number of likely N-dealkylation sites (N-methyl/N-ethyl adjacent to an activating group) is 2. The minimum atomic E-state index is -0.589. The third-order valence-corrected chi connectivity index (χ3v) is 7.65. The number of rotatable bonds is 10. The zero-order chi connectivity index (χ0) is 32.3. The van der Waals surface area contributed by atoms with E-state index in [0.29, 0.717) is 41.8 Å². The van der Waals surface area contributed by atoms with E-state index in [1.807, 2.05) is 44.9 Å². The fourth-order valence-electron chi connectivity index (χ4n) is 5.44. The number of carbonyl (C=O) groups is 2. The Morgan fingerprint density at radius 1 is 1.13 bits per heavy atom. The molecule has 11 nitrogen and oxygen atoms in total. The molecule has 2 N–H and O–H groups in total. The third-order valence-electron chi connectivity index (χ3n) is 7.65. The van der Waals surface area contributed by atoms with E-state index in [2.05, 4.69) is 51.2 Å². The molecule has 2 aromatic heterocycles. The summed E-state index contributed by atoms with van der Waals surface area (Å²) in [6.45, 7) is 10.9. The van der Waals surface area contributed by atoms with Crippen LogP contribution >= 0.6 is 0 Å². The molecule has 0 fully saturated rings. The van der Waals surface area contributed by atoms with Crippen LogP contribution in [0, 0.1) is 0 Å². The van der Waals surface area contributed by atoms with Gasteiger partial charge in [-0.05, 0) is 57.4 Å². The van der Waals surface area contributed by atoms with Gasteiger partial charge < -0.3 is 34.5 Å². The van der Waals surface area contributed by atoms with Crippen LogP contribution in [0.1, 0.15) is 32.8 Å². The fraction of sp³-hybridized carbons (Fsp3) is 0.353. The van der Waals surface area contributed by atoms with Crippen molar-refractivity contribution in [1.82, 2.24) is 19.4 Å². The highest BCUT2D eigenvalue weighted by Gasteiger charge is 2.22. The molecule has 3 heterocycles. The maximum Gasteiger partial charge on any atom is 0.410 e. The number of benzene rings is 2. The summed E-state index contributed by atoms with van der Waals surface area (Å²) in [6.07, 6.45) is 6.90. The number of nitrogens with one attached hydrogen (secondary N) is 2. The van der Waals surface area contributed by atoms with E-state index >= 15 is 0 Å². The first-order chi connectivity index (χ1) is 21.5. The highest BCUT2D eigenvalue weighted by atomic mass is 16.6. The Morgan fingerprint density at radius 3 is 2.67 bits per heavy atom. The Labute approximate surface area is 263 Å². The van der Waals surface area contributed by atoms with Crippen molar-refractivity contribution in [1.29, 1.82) is 0 Å². The molecule has 0 atom stereocenters. The van der Waals surface area contributed by atoms with Crippen LogP contribution in [0.2, 0.25) is 0 Å². The Hall–Kier alpha value is -5.06. The predicted octanol–water partition coefficient (Wildman–Crippen LogP) is 6.22. The van der Waals surface area contributed by atoms with E-state index in [0.717, 1.165) is 30.6 Å². The summed E-state index contributed by atoms with van der Waals surface area (Å²) >= 11 is 0.